The molecule has 0 atom stereocenters. The number of imidazole rings is 1. The zero-order chi connectivity index (χ0) is 18.3. The molecule has 3 heteroatoms. The summed E-state index contributed by atoms with van der Waals surface area (Å²) in [6, 6.07) is 4.50. The quantitative estimate of drug-likeness (QED) is 0.393. The van der Waals surface area contributed by atoms with Gasteiger partial charge in [0, 0.05) is 12.4 Å². The zero-order valence-electron chi connectivity index (χ0n) is 16.9. The molecule has 2 aromatic rings. The van der Waals surface area contributed by atoms with Gasteiger partial charge in [0.15, 0.2) is 0 Å². The maximum atomic E-state index is 3.55. The number of aromatic nitrogens is 2. The smallest absolute Gasteiger partial charge is 0.243 e. The number of hydrogen-bond acceptors (Lipinski definition) is 0. The number of benzene rings is 1. The van der Waals surface area contributed by atoms with Crippen LogP contribution in [0.3, 0.4) is 0 Å². The van der Waals surface area contributed by atoms with Gasteiger partial charge in [0.2, 0.25) is 6.33 Å². The van der Waals surface area contributed by atoms with Crippen molar-refractivity contribution < 1.29 is 4.57 Å². The molecule has 0 unspecified atom stereocenters. The molecular formula is C21H33N2P. The lowest BCUT2D eigenvalue weighted by molar-refractivity contribution is -0.600. The molecule has 2 nitrogen and oxygen atoms in total. The van der Waals surface area contributed by atoms with Crippen molar-refractivity contribution >= 4 is 7.92 Å². The second kappa shape index (κ2) is 6.64. The molecule has 132 valence electrons. The highest BCUT2D eigenvalue weighted by Crippen LogP contribution is 2.60. The molecule has 1 aromatic carbocycles. The molecule has 0 aliphatic carbocycles. The first-order valence-corrected chi connectivity index (χ1v) is 10.3. The van der Waals surface area contributed by atoms with Gasteiger partial charge in [0.1, 0.15) is 0 Å². The second-order valence-corrected chi connectivity index (χ2v) is 12.7. The summed E-state index contributed by atoms with van der Waals surface area (Å²) in [5.41, 5.74) is 5.19. The fraction of sp³-hybridized carbons (Fsp3) is 0.571. The highest BCUT2D eigenvalue weighted by Gasteiger charge is 2.35. The van der Waals surface area contributed by atoms with Gasteiger partial charge in [-0.05, 0) is 42.2 Å². The summed E-state index contributed by atoms with van der Waals surface area (Å²) in [6.45, 7) is 20.8. The fourth-order valence-electron chi connectivity index (χ4n) is 3.69. The van der Waals surface area contributed by atoms with Crippen molar-refractivity contribution in [3.63, 3.8) is 0 Å². The summed E-state index contributed by atoms with van der Waals surface area (Å²) in [5.74, 6) is 0. The zero-order valence-corrected chi connectivity index (χ0v) is 17.8. The summed E-state index contributed by atoms with van der Waals surface area (Å²) in [6.07, 6.45) is 8.92. The average molecular weight is 344 g/mol. The Hall–Kier alpha value is -1.14. The number of hydrogen-bond donors (Lipinski definition) is 0. The van der Waals surface area contributed by atoms with E-state index in [-0.39, 0.29) is 7.92 Å². The van der Waals surface area contributed by atoms with Crippen LogP contribution < -0.4 is 4.57 Å². The third-order valence-corrected chi connectivity index (χ3v) is 8.25. The lowest BCUT2D eigenvalue weighted by Crippen LogP contribution is -2.31. The highest BCUT2D eigenvalue weighted by atomic mass is 31.1. The van der Waals surface area contributed by atoms with E-state index in [1.165, 1.54) is 22.4 Å². The summed E-state index contributed by atoms with van der Waals surface area (Å²) in [5, 5.41) is 0.651. The molecule has 0 spiro atoms. The topological polar surface area (TPSA) is 8.81 Å². The van der Waals surface area contributed by atoms with E-state index in [9.17, 15) is 0 Å². The lowest BCUT2D eigenvalue weighted by atomic mass is 10.1. The predicted octanol–water partition coefficient (Wildman–Crippen LogP) is 5.53. The van der Waals surface area contributed by atoms with Crippen molar-refractivity contribution in [1.82, 2.24) is 4.57 Å². The molecule has 1 heterocycles. The Balaban J connectivity index is 2.35. The Morgan fingerprint density at radius 1 is 0.958 bits per heavy atom. The molecular weight excluding hydrogens is 311 g/mol. The SMILES string of the molecule is Cc1cc(C)c(-[n+]2[c-]n(CP(C(C)(C)C)C(C)(C)C)cc2)c(C)c1. The van der Waals surface area contributed by atoms with E-state index in [4.69, 9.17) is 0 Å². The Labute approximate surface area is 149 Å². The molecule has 2 rings (SSSR count). The molecule has 0 saturated carbocycles. The molecule has 0 aliphatic heterocycles. The van der Waals surface area contributed by atoms with Crippen molar-refractivity contribution in [3.8, 4) is 5.69 Å². The van der Waals surface area contributed by atoms with E-state index >= 15 is 0 Å². The number of nitrogens with zero attached hydrogens (tertiary/aromatic N) is 2. The summed E-state index contributed by atoms with van der Waals surface area (Å²) < 4.78 is 4.41. The third-order valence-electron chi connectivity index (χ3n) is 4.42. The first-order chi connectivity index (χ1) is 10.9. The lowest BCUT2D eigenvalue weighted by Gasteiger charge is -2.40. The van der Waals surface area contributed by atoms with Crippen LogP contribution in [-0.2, 0) is 6.29 Å². The van der Waals surface area contributed by atoms with Gasteiger partial charge in [0.25, 0.3) is 0 Å². The van der Waals surface area contributed by atoms with Crippen LogP contribution >= 0.6 is 7.92 Å². The van der Waals surface area contributed by atoms with Crippen LogP contribution in [0.25, 0.3) is 5.69 Å². The minimum absolute atomic E-state index is 0.177. The third kappa shape index (κ3) is 4.28. The fourth-order valence-corrected chi connectivity index (χ4v) is 7.01. The normalized spacial score (nSPS) is 12.9. The van der Waals surface area contributed by atoms with Gasteiger partial charge in [-0.15, -0.1) is 0 Å². The van der Waals surface area contributed by atoms with Crippen LogP contribution in [0.5, 0.6) is 0 Å². The molecule has 0 radical (unpaired) electrons. The second-order valence-electron chi connectivity index (χ2n) is 8.90. The van der Waals surface area contributed by atoms with Crippen molar-refractivity contribution in [3.05, 3.63) is 47.5 Å². The predicted molar refractivity (Wildman–Crippen MR) is 105 cm³/mol. The summed E-state index contributed by atoms with van der Waals surface area (Å²) in [4.78, 5) is 0. The maximum absolute atomic E-state index is 3.55. The Morgan fingerprint density at radius 3 is 1.92 bits per heavy atom. The van der Waals surface area contributed by atoms with E-state index < -0.39 is 0 Å². The Bertz CT molecular complexity index is 677. The molecule has 0 saturated heterocycles. The Morgan fingerprint density at radius 2 is 1.46 bits per heavy atom. The molecule has 24 heavy (non-hydrogen) atoms. The van der Waals surface area contributed by atoms with Gasteiger partial charge in [-0.3, -0.25) is 0 Å². The van der Waals surface area contributed by atoms with Crippen LogP contribution in [0.1, 0.15) is 58.2 Å². The number of rotatable bonds is 3. The van der Waals surface area contributed by atoms with Crippen LogP contribution in [0, 0.1) is 27.1 Å². The van der Waals surface area contributed by atoms with E-state index in [0.29, 0.717) is 10.3 Å². The first kappa shape index (κ1) is 19.2. The summed E-state index contributed by atoms with van der Waals surface area (Å²) in [7, 11) is -0.177. The minimum atomic E-state index is -0.177. The van der Waals surface area contributed by atoms with E-state index in [0.717, 1.165) is 6.29 Å². The van der Waals surface area contributed by atoms with Gasteiger partial charge < -0.3 is 9.13 Å². The maximum Gasteiger partial charge on any atom is 0.243 e. The van der Waals surface area contributed by atoms with E-state index in [1.54, 1.807) is 0 Å². The summed E-state index contributed by atoms with van der Waals surface area (Å²) >= 11 is 0. The molecule has 0 fully saturated rings. The van der Waals surface area contributed by atoms with Crippen molar-refractivity contribution in [1.29, 1.82) is 0 Å². The van der Waals surface area contributed by atoms with Crippen LogP contribution in [0.15, 0.2) is 24.5 Å². The van der Waals surface area contributed by atoms with Gasteiger partial charge in [-0.2, -0.15) is 0 Å². The molecule has 0 aliphatic rings. The van der Waals surface area contributed by atoms with Crippen LogP contribution in [0.2, 0.25) is 0 Å². The largest absolute Gasteiger partial charge is 0.326 e. The minimum Gasteiger partial charge on any atom is -0.326 e. The van der Waals surface area contributed by atoms with Crippen molar-refractivity contribution in [2.45, 2.75) is 78.9 Å². The van der Waals surface area contributed by atoms with Crippen LogP contribution in [-0.4, -0.2) is 14.9 Å². The Kier molecular flexibility index (Phi) is 5.31. The van der Waals surface area contributed by atoms with Crippen molar-refractivity contribution in [2.24, 2.45) is 0 Å². The molecule has 1 aromatic heterocycles. The highest BCUT2D eigenvalue weighted by molar-refractivity contribution is 7.59. The van der Waals surface area contributed by atoms with E-state index in [1.807, 2.05) is 0 Å². The van der Waals surface area contributed by atoms with Gasteiger partial charge >= 0.3 is 0 Å². The van der Waals surface area contributed by atoms with Crippen LogP contribution in [0.4, 0.5) is 0 Å². The average Bonchev–Trinajstić information content (AvgIpc) is 2.80. The van der Waals surface area contributed by atoms with E-state index in [2.05, 4.69) is 102 Å². The van der Waals surface area contributed by atoms with Gasteiger partial charge in [0.05, 0.1) is 12.0 Å². The standard InChI is InChI=1S/C21H33N2P/c1-16-12-17(2)19(18(3)13-16)23-11-10-22(14-23)15-24(20(4,5)6)21(7,8)9/h10-13H,15H2,1-9H3. The molecule has 0 amide bonds. The first-order valence-electron chi connectivity index (χ1n) is 8.75. The number of aryl methyl sites for hydroxylation is 3. The monoisotopic (exact) mass is 344 g/mol. The van der Waals surface area contributed by atoms with Gasteiger partial charge in [-0.25, -0.2) is 0 Å². The van der Waals surface area contributed by atoms with Crippen molar-refractivity contribution in [2.75, 3.05) is 0 Å². The molecule has 0 bridgehead atoms. The molecule has 0 N–H and O–H groups in total. The van der Waals surface area contributed by atoms with Gasteiger partial charge in [-0.1, -0.05) is 67.2 Å².